The van der Waals surface area contributed by atoms with Crippen LogP contribution in [0.2, 0.25) is 0 Å². The van der Waals surface area contributed by atoms with Crippen LogP contribution in [0.1, 0.15) is 39.2 Å². The van der Waals surface area contributed by atoms with E-state index in [1.165, 1.54) is 24.0 Å². The number of rotatable bonds is 3. The van der Waals surface area contributed by atoms with Crippen LogP contribution in [0.4, 0.5) is 0 Å². The van der Waals surface area contributed by atoms with Gasteiger partial charge in [0.2, 0.25) is 0 Å². The number of nitrogens with zero attached hydrogens (tertiary/aromatic N) is 1. The molecule has 2 aromatic rings. The van der Waals surface area contributed by atoms with Gasteiger partial charge in [-0.15, -0.1) is 0 Å². The second-order valence-electron chi connectivity index (χ2n) is 4.37. The third-order valence-corrected chi connectivity index (χ3v) is 2.43. The third-order valence-electron chi connectivity index (χ3n) is 2.43. The molecular formula is C17H23N. The van der Waals surface area contributed by atoms with Gasteiger partial charge >= 0.3 is 0 Å². The average molecular weight is 241 g/mol. The van der Waals surface area contributed by atoms with Gasteiger partial charge in [0.15, 0.2) is 0 Å². The first-order valence-electron chi connectivity index (χ1n) is 6.82. The van der Waals surface area contributed by atoms with Crippen molar-refractivity contribution >= 4 is 0 Å². The van der Waals surface area contributed by atoms with E-state index >= 15 is 0 Å². The van der Waals surface area contributed by atoms with Crippen molar-refractivity contribution in [2.24, 2.45) is 0 Å². The second kappa shape index (κ2) is 8.46. The molecule has 0 aliphatic heterocycles. The highest BCUT2D eigenvalue weighted by Gasteiger charge is 1.97. The standard InChI is InChI=1S/C14H15N.C3H8/c1-2-6-12-9-10-14(15-11-12)13-7-4-3-5-8-13;1-3-2/h3-5,7-11H,2,6H2,1H3;3H2,1-2H3. The molecule has 0 spiro atoms. The number of hydrogen-bond donors (Lipinski definition) is 0. The molecule has 0 saturated heterocycles. The molecule has 0 bridgehead atoms. The van der Waals surface area contributed by atoms with Crippen molar-refractivity contribution in [3.05, 3.63) is 54.2 Å². The lowest BCUT2D eigenvalue weighted by atomic mass is 10.1. The molecule has 96 valence electrons. The summed E-state index contributed by atoms with van der Waals surface area (Å²) in [6.45, 7) is 6.44. The van der Waals surface area contributed by atoms with Crippen molar-refractivity contribution in [3.63, 3.8) is 0 Å². The predicted molar refractivity (Wildman–Crippen MR) is 79.6 cm³/mol. The van der Waals surface area contributed by atoms with Crippen LogP contribution in [0, 0.1) is 0 Å². The molecule has 0 saturated carbocycles. The normalized spacial score (nSPS) is 9.50. The zero-order valence-electron chi connectivity index (χ0n) is 11.7. The summed E-state index contributed by atoms with van der Waals surface area (Å²) in [6, 6.07) is 14.5. The maximum atomic E-state index is 4.47. The molecule has 1 nitrogen and oxygen atoms in total. The Balaban J connectivity index is 0.000000492. The fourth-order valence-electron chi connectivity index (χ4n) is 1.64. The number of hydrogen-bond acceptors (Lipinski definition) is 1. The second-order valence-corrected chi connectivity index (χ2v) is 4.37. The fraction of sp³-hybridized carbons (Fsp3) is 0.353. The first kappa shape index (κ1) is 14.4. The molecule has 2 rings (SSSR count). The van der Waals surface area contributed by atoms with E-state index in [4.69, 9.17) is 0 Å². The Kier molecular flexibility index (Phi) is 6.78. The average Bonchev–Trinajstić information content (AvgIpc) is 2.42. The highest BCUT2D eigenvalue weighted by Crippen LogP contribution is 2.16. The number of pyridine rings is 1. The fourth-order valence-corrected chi connectivity index (χ4v) is 1.64. The Morgan fingerprint density at radius 1 is 0.889 bits per heavy atom. The van der Waals surface area contributed by atoms with E-state index in [1.54, 1.807) is 0 Å². The summed E-state index contributed by atoms with van der Waals surface area (Å²) in [4.78, 5) is 4.47. The summed E-state index contributed by atoms with van der Waals surface area (Å²) >= 11 is 0. The van der Waals surface area contributed by atoms with Crippen LogP contribution in [0.25, 0.3) is 11.3 Å². The lowest BCUT2D eigenvalue weighted by Crippen LogP contribution is -1.87. The van der Waals surface area contributed by atoms with Gasteiger partial charge in [-0.1, -0.05) is 70.0 Å². The van der Waals surface area contributed by atoms with Crippen molar-refractivity contribution in [2.75, 3.05) is 0 Å². The third kappa shape index (κ3) is 4.70. The van der Waals surface area contributed by atoms with E-state index in [2.05, 4.69) is 50.0 Å². The maximum absolute atomic E-state index is 4.47. The van der Waals surface area contributed by atoms with Crippen molar-refractivity contribution < 1.29 is 0 Å². The van der Waals surface area contributed by atoms with Crippen LogP contribution < -0.4 is 0 Å². The lowest BCUT2D eigenvalue weighted by molar-refractivity contribution is 0.914. The summed E-state index contributed by atoms with van der Waals surface area (Å²) < 4.78 is 0. The van der Waals surface area contributed by atoms with E-state index in [0.29, 0.717) is 0 Å². The molecule has 0 amide bonds. The van der Waals surface area contributed by atoms with E-state index in [-0.39, 0.29) is 0 Å². The molecular weight excluding hydrogens is 218 g/mol. The van der Waals surface area contributed by atoms with E-state index in [1.807, 2.05) is 24.4 Å². The number of benzene rings is 1. The van der Waals surface area contributed by atoms with Gasteiger partial charge in [-0.25, -0.2) is 0 Å². The minimum atomic E-state index is 1.05. The molecule has 1 aromatic carbocycles. The first-order chi connectivity index (χ1) is 8.81. The van der Waals surface area contributed by atoms with Gasteiger partial charge in [0, 0.05) is 11.8 Å². The molecule has 18 heavy (non-hydrogen) atoms. The summed E-state index contributed by atoms with van der Waals surface area (Å²) in [5.74, 6) is 0. The van der Waals surface area contributed by atoms with E-state index in [0.717, 1.165) is 12.1 Å². The predicted octanol–water partition coefficient (Wildman–Crippen LogP) is 5.12. The molecule has 0 aliphatic carbocycles. The summed E-state index contributed by atoms with van der Waals surface area (Å²) in [5.41, 5.74) is 3.55. The van der Waals surface area contributed by atoms with Gasteiger partial charge in [-0.2, -0.15) is 0 Å². The molecule has 1 heterocycles. The van der Waals surface area contributed by atoms with Gasteiger partial charge < -0.3 is 0 Å². The summed E-state index contributed by atoms with van der Waals surface area (Å²) in [7, 11) is 0. The number of aromatic nitrogens is 1. The van der Waals surface area contributed by atoms with Crippen molar-refractivity contribution in [1.82, 2.24) is 4.98 Å². The summed E-state index contributed by atoms with van der Waals surface area (Å²) in [5, 5.41) is 0. The molecule has 0 radical (unpaired) electrons. The highest BCUT2D eigenvalue weighted by molar-refractivity contribution is 5.58. The van der Waals surface area contributed by atoms with Gasteiger partial charge in [-0.05, 0) is 18.1 Å². The van der Waals surface area contributed by atoms with Crippen molar-refractivity contribution in [2.45, 2.75) is 40.0 Å². The van der Waals surface area contributed by atoms with Crippen LogP contribution in [-0.4, -0.2) is 4.98 Å². The Morgan fingerprint density at radius 3 is 2.06 bits per heavy atom. The van der Waals surface area contributed by atoms with Gasteiger partial charge in [0.25, 0.3) is 0 Å². The number of aryl methyl sites for hydroxylation is 1. The zero-order valence-corrected chi connectivity index (χ0v) is 11.7. The minimum Gasteiger partial charge on any atom is -0.256 e. The van der Waals surface area contributed by atoms with Crippen LogP contribution in [0.3, 0.4) is 0 Å². The maximum Gasteiger partial charge on any atom is 0.0702 e. The topological polar surface area (TPSA) is 12.9 Å². The Bertz CT molecular complexity index is 417. The Morgan fingerprint density at radius 2 is 1.56 bits per heavy atom. The molecule has 1 aromatic heterocycles. The van der Waals surface area contributed by atoms with E-state index in [9.17, 15) is 0 Å². The quantitative estimate of drug-likeness (QED) is 0.727. The lowest BCUT2D eigenvalue weighted by Gasteiger charge is -2.02. The van der Waals surface area contributed by atoms with Crippen molar-refractivity contribution in [3.8, 4) is 11.3 Å². The van der Waals surface area contributed by atoms with Crippen LogP contribution in [0.5, 0.6) is 0 Å². The van der Waals surface area contributed by atoms with Gasteiger partial charge in [-0.3, -0.25) is 4.98 Å². The molecule has 1 heteroatoms. The minimum absolute atomic E-state index is 1.05. The van der Waals surface area contributed by atoms with Crippen LogP contribution >= 0.6 is 0 Å². The van der Waals surface area contributed by atoms with Crippen LogP contribution in [0.15, 0.2) is 48.7 Å². The molecule has 0 fully saturated rings. The van der Waals surface area contributed by atoms with Gasteiger partial charge in [0.1, 0.15) is 0 Å². The Labute approximate surface area is 111 Å². The molecule has 0 N–H and O–H groups in total. The van der Waals surface area contributed by atoms with Crippen LogP contribution in [-0.2, 0) is 6.42 Å². The smallest absolute Gasteiger partial charge is 0.0702 e. The molecule has 0 atom stereocenters. The SMILES string of the molecule is CCC.CCCc1ccc(-c2ccccc2)nc1. The molecule has 0 aliphatic rings. The largest absolute Gasteiger partial charge is 0.256 e. The van der Waals surface area contributed by atoms with E-state index < -0.39 is 0 Å². The van der Waals surface area contributed by atoms with Crippen molar-refractivity contribution in [1.29, 1.82) is 0 Å². The molecule has 0 unspecified atom stereocenters. The zero-order chi connectivity index (χ0) is 13.2. The van der Waals surface area contributed by atoms with Gasteiger partial charge in [0.05, 0.1) is 5.69 Å². The highest BCUT2D eigenvalue weighted by atomic mass is 14.7. The first-order valence-corrected chi connectivity index (χ1v) is 6.82. The monoisotopic (exact) mass is 241 g/mol. The Hall–Kier alpha value is -1.63. The summed E-state index contributed by atoms with van der Waals surface area (Å²) in [6.07, 6.45) is 5.51.